The number of nitriles is 1. The highest BCUT2D eigenvalue weighted by atomic mass is 16.5. The van der Waals surface area contributed by atoms with E-state index in [2.05, 4.69) is 26.9 Å². The third-order valence-corrected chi connectivity index (χ3v) is 4.05. The van der Waals surface area contributed by atoms with Crippen LogP contribution in [0.3, 0.4) is 0 Å². The molecule has 29 heavy (non-hydrogen) atoms. The Bertz CT molecular complexity index is 1040. The summed E-state index contributed by atoms with van der Waals surface area (Å²) < 4.78 is 10.4. The van der Waals surface area contributed by atoms with Crippen LogP contribution in [0.25, 0.3) is 0 Å². The van der Waals surface area contributed by atoms with Gasteiger partial charge < -0.3 is 20.1 Å². The molecule has 0 aliphatic carbocycles. The molecule has 146 valence electrons. The molecule has 3 aromatic rings. The molecule has 0 aliphatic rings. The molecule has 0 spiro atoms. The van der Waals surface area contributed by atoms with Crippen LogP contribution >= 0.6 is 0 Å². The number of hydrogen-bond donors (Lipinski definition) is 2. The van der Waals surface area contributed by atoms with Gasteiger partial charge in [-0.1, -0.05) is 18.2 Å². The fraction of sp³-hybridized carbons (Fsp3) is 0.143. The van der Waals surface area contributed by atoms with Gasteiger partial charge in [-0.05, 0) is 42.0 Å². The molecule has 0 atom stereocenters. The molecule has 0 saturated heterocycles. The first-order valence-corrected chi connectivity index (χ1v) is 8.73. The second kappa shape index (κ2) is 9.19. The molecular formula is C21H19N5O3. The van der Waals surface area contributed by atoms with E-state index >= 15 is 0 Å². The summed E-state index contributed by atoms with van der Waals surface area (Å²) in [5.41, 5.74) is 1.91. The SMILES string of the molecule is COc1ccc(CC(=O)Nc2ccc(Nc3ccccc3C#N)nn2)cc1OC. The Labute approximate surface area is 168 Å². The van der Waals surface area contributed by atoms with Gasteiger partial charge in [0.15, 0.2) is 23.1 Å². The Hall–Kier alpha value is -4.12. The summed E-state index contributed by atoms with van der Waals surface area (Å²) in [7, 11) is 3.10. The molecular weight excluding hydrogens is 370 g/mol. The highest BCUT2D eigenvalue weighted by Crippen LogP contribution is 2.27. The number of methoxy groups -OCH3 is 2. The minimum absolute atomic E-state index is 0.150. The fourth-order valence-electron chi connectivity index (χ4n) is 2.66. The minimum Gasteiger partial charge on any atom is -0.493 e. The van der Waals surface area contributed by atoms with E-state index in [-0.39, 0.29) is 12.3 Å². The van der Waals surface area contributed by atoms with Crippen molar-refractivity contribution in [1.82, 2.24) is 10.2 Å². The summed E-state index contributed by atoms with van der Waals surface area (Å²) in [5.74, 6) is 1.72. The van der Waals surface area contributed by atoms with Gasteiger partial charge in [-0.15, -0.1) is 10.2 Å². The molecule has 1 aromatic heterocycles. The van der Waals surface area contributed by atoms with Gasteiger partial charge in [0.1, 0.15) is 6.07 Å². The maximum Gasteiger partial charge on any atom is 0.229 e. The Morgan fingerprint density at radius 1 is 1.00 bits per heavy atom. The van der Waals surface area contributed by atoms with Crippen LogP contribution in [0.2, 0.25) is 0 Å². The molecule has 0 saturated carbocycles. The Balaban J connectivity index is 1.62. The summed E-state index contributed by atoms with van der Waals surface area (Å²) >= 11 is 0. The van der Waals surface area contributed by atoms with E-state index in [1.807, 2.05) is 6.07 Å². The summed E-state index contributed by atoms with van der Waals surface area (Å²) in [4.78, 5) is 12.3. The van der Waals surface area contributed by atoms with Crippen LogP contribution in [0.4, 0.5) is 17.3 Å². The van der Waals surface area contributed by atoms with Gasteiger partial charge in [0, 0.05) is 0 Å². The number of hydrogen-bond acceptors (Lipinski definition) is 7. The average molecular weight is 389 g/mol. The number of para-hydroxylation sites is 1. The van der Waals surface area contributed by atoms with Gasteiger partial charge >= 0.3 is 0 Å². The number of benzene rings is 2. The standard InChI is InChI=1S/C21H19N5O3/c1-28-17-8-7-14(11-18(17)29-2)12-21(27)24-20-10-9-19(25-26-20)23-16-6-4-3-5-15(16)13-22/h3-11H,12H2,1-2H3,(H,23,25)(H,24,26,27). The number of anilines is 3. The molecule has 8 heteroatoms. The van der Waals surface area contributed by atoms with Crippen molar-refractivity contribution >= 4 is 23.2 Å². The molecule has 0 bridgehead atoms. The Morgan fingerprint density at radius 2 is 1.72 bits per heavy atom. The average Bonchev–Trinajstić information content (AvgIpc) is 2.75. The third kappa shape index (κ3) is 4.99. The van der Waals surface area contributed by atoms with Crippen LogP contribution in [0.15, 0.2) is 54.6 Å². The lowest BCUT2D eigenvalue weighted by Gasteiger charge is -2.10. The summed E-state index contributed by atoms with van der Waals surface area (Å²) in [6.07, 6.45) is 0.150. The summed E-state index contributed by atoms with van der Waals surface area (Å²) in [5, 5.41) is 22.9. The summed E-state index contributed by atoms with van der Waals surface area (Å²) in [6, 6.07) is 17.8. The van der Waals surface area contributed by atoms with E-state index in [1.54, 1.807) is 62.8 Å². The maximum absolute atomic E-state index is 12.3. The van der Waals surface area contributed by atoms with Gasteiger partial charge in [-0.2, -0.15) is 5.26 Å². The van der Waals surface area contributed by atoms with E-state index in [1.165, 1.54) is 0 Å². The first-order chi connectivity index (χ1) is 14.1. The molecule has 2 aromatic carbocycles. The molecule has 0 unspecified atom stereocenters. The van der Waals surface area contributed by atoms with Crippen molar-refractivity contribution < 1.29 is 14.3 Å². The molecule has 0 fully saturated rings. The number of nitrogens with zero attached hydrogens (tertiary/aromatic N) is 3. The zero-order valence-electron chi connectivity index (χ0n) is 16.0. The number of amides is 1. The lowest BCUT2D eigenvalue weighted by Crippen LogP contribution is -2.16. The van der Waals surface area contributed by atoms with E-state index in [0.29, 0.717) is 34.4 Å². The number of ether oxygens (including phenoxy) is 2. The van der Waals surface area contributed by atoms with Gasteiger partial charge in [0.25, 0.3) is 0 Å². The predicted molar refractivity (Wildman–Crippen MR) is 108 cm³/mol. The lowest BCUT2D eigenvalue weighted by molar-refractivity contribution is -0.115. The number of carbonyl (C=O) groups is 1. The highest BCUT2D eigenvalue weighted by molar-refractivity contribution is 5.91. The molecule has 1 heterocycles. The molecule has 8 nitrogen and oxygen atoms in total. The van der Waals surface area contributed by atoms with Crippen LogP contribution in [0.5, 0.6) is 11.5 Å². The number of nitrogens with one attached hydrogen (secondary N) is 2. The largest absolute Gasteiger partial charge is 0.493 e. The molecule has 1 amide bonds. The zero-order chi connectivity index (χ0) is 20.6. The minimum atomic E-state index is -0.234. The van der Waals surface area contributed by atoms with Crippen molar-refractivity contribution in [2.45, 2.75) is 6.42 Å². The molecule has 0 radical (unpaired) electrons. The fourth-order valence-corrected chi connectivity index (χ4v) is 2.66. The number of carbonyl (C=O) groups excluding carboxylic acids is 1. The molecule has 2 N–H and O–H groups in total. The Kier molecular flexibility index (Phi) is 6.22. The number of rotatable bonds is 7. The quantitative estimate of drug-likeness (QED) is 0.638. The smallest absolute Gasteiger partial charge is 0.229 e. The van der Waals surface area contributed by atoms with Crippen LogP contribution in [-0.2, 0) is 11.2 Å². The first kappa shape index (κ1) is 19.6. The van der Waals surface area contributed by atoms with E-state index < -0.39 is 0 Å². The van der Waals surface area contributed by atoms with Crippen LogP contribution in [-0.4, -0.2) is 30.3 Å². The van der Waals surface area contributed by atoms with Crippen molar-refractivity contribution in [2.24, 2.45) is 0 Å². The van der Waals surface area contributed by atoms with E-state index in [0.717, 1.165) is 5.56 Å². The lowest BCUT2D eigenvalue weighted by atomic mass is 10.1. The summed E-state index contributed by atoms with van der Waals surface area (Å²) in [6.45, 7) is 0. The zero-order valence-corrected chi connectivity index (χ0v) is 16.0. The second-order valence-electron chi connectivity index (χ2n) is 6.00. The van der Waals surface area contributed by atoms with Crippen molar-refractivity contribution in [3.63, 3.8) is 0 Å². The maximum atomic E-state index is 12.3. The van der Waals surface area contributed by atoms with Crippen molar-refractivity contribution in [1.29, 1.82) is 5.26 Å². The van der Waals surface area contributed by atoms with Gasteiger partial charge in [0.2, 0.25) is 5.91 Å². The van der Waals surface area contributed by atoms with Crippen LogP contribution in [0.1, 0.15) is 11.1 Å². The first-order valence-electron chi connectivity index (χ1n) is 8.73. The van der Waals surface area contributed by atoms with Gasteiger partial charge in [-0.25, -0.2) is 0 Å². The Morgan fingerprint density at radius 3 is 2.41 bits per heavy atom. The van der Waals surface area contributed by atoms with Crippen molar-refractivity contribution in [3.05, 3.63) is 65.7 Å². The number of aromatic nitrogens is 2. The second-order valence-corrected chi connectivity index (χ2v) is 6.00. The normalized spacial score (nSPS) is 9.97. The van der Waals surface area contributed by atoms with Gasteiger partial charge in [0.05, 0.1) is 31.9 Å². The molecule has 3 rings (SSSR count). The topological polar surface area (TPSA) is 109 Å². The van der Waals surface area contributed by atoms with E-state index in [4.69, 9.17) is 14.7 Å². The van der Waals surface area contributed by atoms with Gasteiger partial charge in [-0.3, -0.25) is 4.79 Å². The van der Waals surface area contributed by atoms with Crippen molar-refractivity contribution in [2.75, 3.05) is 24.9 Å². The van der Waals surface area contributed by atoms with Crippen molar-refractivity contribution in [3.8, 4) is 17.6 Å². The van der Waals surface area contributed by atoms with Crippen LogP contribution in [0, 0.1) is 11.3 Å². The predicted octanol–water partition coefficient (Wildman–Crippen LogP) is 3.29. The van der Waals surface area contributed by atoms with E-state index in [9.17, 15) is 4.79 Å². The third-order valence-electron chi connectivity index (χ3n) is 4.05. The highest BCUT2D eigenvalue weighted by Gasteiger charge is 2.10. The monoisotopic (exact) mass is 389 g/mol. The van der Waals surface area contributed by atoms with Crippen LogP contribution < -0.4 is 20.1 Å². The molecule has 0 aliphatic heterocycles.